The number of carboxylic acids is 1. The minimum atomic E-state index is -1.09. The molecular weight excluding hydrogens is 367 g/mol. The summed E-state index contributed by atoms with van der Waals surface area (Å²) in [6, 6.07) is 0. The van der Waals surface area contributed by atoms with E-state index in [-0.39, 0.29) is 80.8 Å². The zero-order valence-electron chi connectivity index (χ0n) is 16.8. The predicted molar refractivity (Wildman–Crippen MR) is 95.8 cm³/mol. The summed E-state index contributed by atoms with van der Waals surface area (Å²) < 4.78 is 0. The summed E-state index contributed by atoms with van der Waals surface area (Å²) in [4.78, 5) is 22.8. The largest absolute Gasteiger partial charge is 1.00 e. The van der Waals surface area contributed by atoms with Gasteiger partial charge in [0.15, 0.2) is 5.78 Å². The minimum absolute atomic E-state index is 0. The first-order valence-corrected chi connectivity index (χ1v) is 10.1. The zero-order chi connectivity index (χ0) is 18.7. The van der Waals surface area contributed by atoms with Gasteiger partial charge < -0.3 is 15.0 Å². The molecular formula is C22H29KO4. The van der Waals surface area contributed by atoms with E-state index in [2.05, 4.69) is 26.0 Å². The molecule has 6 atom stereocenters. The molecule has 27 heavy (non-hydrogen) atoms. The standard InChI is InChI=1S/C22H30O4.K/c1-20-9-5-15(23)13-14(20)3-4-16-17(20)6-10-21(2)18(16)7-11-22(21,26)12-8-19(24)25;/h6,10,13,16-18,26H,3-5,7-9,11-12H2,1-2H3,(H,24,25);/q;+1/p-1/t16-,17+,18+,20+,21+,22-;/m1./s1. The SMILES string of the molecule is C[C@]12CCC(=O)C=C1CC[C@@H]1[C@@H]2C=C[C@@]2(C)[C@H]1CC[C@@]2(O)CCC(=O)[O-].[K+]. The molecule has 0 aromatic carbocycles. The van der Waals surface area contributed by atoms with Crippen LogP contribution in [0.5, 0.6) is 0 Å². The summed E-state index contributed by atoms with van der Waals surface area (Å²) >= 11 is 0. The van der Waals surface area contributed by atoms with E-state index in [0.29, 0.717) is 30.6 Å². The van der Waals surface area contributed by atoms with E-state index in [4.69, 9.17) is 0 Å². The van der Waals surface area contributed by atoms with E-state index < -0.39 is 11.6 Å². The third-order valence-electron chi connectivity index (χ3n) is 8.45. The first-order valence-electron chi connectivity index (χ1n) is 10.1. The van der Waals surface area contributed by atoms with Crippen LogP contribution in [0.4, 0.5) is 0 Å². The number of carbonyl (C=O) groups is 2. The van der Waals surface area contributed by atoms with Gasteiger partial charge in [0.25, 0.3) is 0 Å². The van der Waals surface area contributed by atoms with Crippen molar-refractivity contribution in [2.24, 2.45) is 28.6 Å². The maximum atomic E-state index is 11.9. The zero-order valence-corrected chi connectivity index (χ0v) is 19.9. The number of hydrogen-bond donors (Lipinski definition) is 1. The van der Waals surface area contributed by atoms with Crippen LogP contribution >= 0.6 is 0 Å². The fourth-order valence-corrected chi connectivity index (χ4v) is 6.75. The van der Waals surface area contributed by atoms with Gasteiger partial charge in [0, 0.05) is 17.8 Å². The smallest absolute Gasteiger partial charge is 0.550 e. The third-order valence-corrected chi connectivity index (χ3v) is 8.45. The average Bonchev–Trinajstić information content (AvgIpc) is 2.86. The molecule has 0 bridgehead atoms. The number of hydrogen-bond acceptors (Lipinski definition) is 4. The average molecular weight is 397 g/mol. The van der Waals surface area contributed by atoms with Gasteiger partial charge in [0.05, 0.1) is 5.60 Å². The normalized spacial score (nSPS) is 45.2. The molecule has 0 spiro atoms. The van der Waals surface area contributed by atoms with Gasteiger partial charge in [-0.3, -0.25) is 4.79 Å². The molecule has 0 aliphatic heterocycles. The molecule has 1 N–H and O–H groups in total. The second-order valence-electron chi connectivity index (χ2n) is 9.47. The summed E-state index contributed by atoms with van der Waals surface area (Å²) in [5.74, 6) is 0.461. The molecule has 142 valence electrons. The molecule has 0 amide bonds. The van der Waals surface area contributed by atoms with E-state index in [1.54, 1.807) is 0 Å². The molecule has 4 aliphatic carbocycles. The summed E-state index contributed by atoms with van der Waals surface area (Å²) in [5.41, 5.74) is 0.0404. The fraction of sp³-hybridized carbons (Fsp3) is 0.727. The molecule has 5 heteroatoms. The molecule has 0 heterocycles. The maximum absolute atomic E-state index is 11.9. The van der Waals surface area contributed by atoms with E-state index >= 15 is 0 Å². The Morgan fingerprint density at radius 1 is 1.26 bits per heavy atom. The molecule has 2 saturated carbocycles. The van der Waals surface area contributed by atoms with E-state index in [9.17, 15) is 19.8 Å². The molecule has 4 nitrogen and oxygen atoms in total. The van der Waals surface area contributed by atoms with Gasteiger partial charge in [-0.1, -0.05) is 31.6 Å². The Hall–Kier alpha value is 0.216. The second kappa shape index (κ2) is 7.48. The van der Waals surface area contributed by atoms with Gasteiger partial charge in [0.2, 0.25) is 0 Å². The third kappa shape index (κ3) is 3.30. The molecule has 0 aromatic rings. The molecule has 0 radical (unpaired) electrons. The molecule has 0 aromatic heterocycles. The predicted octanol–water partition coefficient (Wildman–Crippen LogP) is -0.440. The van der Waals surface area contributed by atoms with Gasteiger partial charge in [-0.15, -0.1) is 0 Å². The first-order chi connectivity index (χ1) is 12.2. The Bertz CT molecular complexity index is 713. The van der Waals surface area contributed by atoms with Crippen molar-refractivity contribution in [1.29, 1.82) is 0 Å². The Morgan fingerprint density at radius 2 is 2.00 bits per heavy atom. The summed E-state index contributed by atoms with van der Waals surface area (Å²) in [6.07, 6.45) is 11.7. The van der Waals surface area contributed by atoms with E-state index in [1.807, 2.05) is 6.08 Å². The van der Waals surface area contributed by atoms with Crippen LogP contribution in [0.25, 0.3) is 0 Å². The van der Waals surface area contributed by atoms with Gasteiger partial charge in [-0.2, -0.15) is 0 Å². The van der Waals surface area contributed by atoms with Crippen molar-refractivity contribution in [3.05, 3.63) is 23.8 Å². The Kier molecular flexibility index (Phi) is 6.07. The number of allylic oxidation sites excluding steroid dienone is 3. The van der Waals surface area contributed by atoms with Gasteiger partial charge in [-0.05, 0) is 74.2 Å². The summed E-state index contributed by atoms with van der Waals surface area (Å²) in [5, 5.41) is 22.3. The maximum Gasteiger partial charge on any atom is 1.00 e. The number of carboxylic acid groups (broad SMARTS) is 1. The van der Waals surface area contributed by atoms with Crippen LogP contribution in [0.2, 0.25) is 0 Å². The van der Waals surface area contributed by atoms with E-state index in [1.165, 1.54) is 5.57 Å². The molecule has 0 saturated heterocycles. The topological polar surface area (TPSA) is 77.4 Å². The van der Waals surface area contributed by atoms with Gasteiger partial charge in [0.1, 0.15) is 0 Å². The first kappa shape index (κ1) is 21.9. The number of aliphatic hydroxyl groups is 1. The molecule has 2 fully saturated rings. The number of aliphatic carboxylic acids is 1. The van der Waals surface area contributed by atoms with Gasteiger partial charge in [-0.25, -0.2) is 0 Å². The monoisotopic (exact) mass is 396 g/mol. The van der Waals surface area contributed by atoms with Crippen LogP contribution in [0.15, 0.2) is 23.8 Å². The van der Waals surface area contributed by atoms with Crippen LogP contribution in [0.3, 0.4) is 0 Å². The quantitative estimate of drug-likeness (QED) is 0.518. The van der Waals surface area contributed by atoms with Crippen LogP contribution in [-0.2, 0) is 9.59 Å². The van der Waals surface area contributed by atoms with Crippen LogP contribution in [-0.4, -0.2) is 22.5 Å². The number of carbonyl (C=O) groups excluding carboxylic acids is 2. The number of rotatable bonds is 3. The number of fused-ring (bicyclic) bond motifs is 5. The van der Waals surface area contributed by atoms with Crippen molar-refractivity contribution in [1.82, 2.24) is 0 Å². The fourth-order valence-electron chi connectivity index (χ4n) is 6.75. The van der Waals surface area contributed by atoms with Crippen LogP contribution in [0, 0.1) is 28.6 Å². The van der Waals surface area contributed by atoms with Crippen molar-refractivity contribution in [2.45, 2.75) is 70.8 Å². The number of ketones is 1. The van der Waals surface area contributed by atoms with Crippen LogP contribution < -0.4 is 56.5 Å². The molecule has 0 unspecified atom stereocenters. The second-order valence-corrected chi connectivity index (χ2v) is 9.47. The van der Waals surface area contributed by atoms with Crippen molar-refractivity contribution < 1.29 is 71.2 Å². The van der Waals surface area contributed by atoms with Crippen LogP contribution in [0.1, 0.15) is 65.2 Å². The summed E-state index contributed by atoms with van der Waals surface area (Å²) in [7, 11) is 0. The minimum Gasteiger partial charge on any atom is -0.550 e. The van der Waals surface area contributed by atoms with E-state index in [0.717, 1.165) is 25.7 Å². The van der Waals surface area contributed by atoms with Crippen molar-refractivity contribution in [3.63, 3.8) is 0 Å². The van der Waals surface area contributed by atoms with Gasteiger partial charge >= 0.3 is 51.4 Å². The Labute approximate surface area is 204 Å². The van der Waals surface area contributed by atoms with Crippen molar-refractivity contribution >= 4 is 11.8 Å². The Balaban J connectivity index is 0.00000210. The Morgan fingerprint density at radius 3 is 2.70 bits per heavy atom. The van der Waals surface area contributed by atoms with Crippen molar-refractivity contribution in [3.8, 4) is 0 Å². The summed E-state index contributed by atoms with van der Waals surface area (Å²) in [6.45, 7) is 4.43. The van der Waals surface area contributed by atoms with Crippen molar-refractivity contribution in [2.75, 3.05) is 0 Å². The molecule has 4 rings (SSSR count). The molecule has 4 aliphatic rings.